The van der Waals surface area contributed by atoms with E-state index in [0.29, 0.717) is 25.8 Å². The summed E-state index contributed by atoms with van der Waals surface area (Å²) in [5.74, 6) is -2.11. The molecule has 0 bridgehead atoms. The first-order valence-corrected chi connectivity index (χ1v) is 9.28. The molecule has 0 saturated carbocycles. The Morgan fingerprint density at radius 3 is 2.54 bits per heavy atom. The average molecular weight is 400 g/mol. The Balaban J connectivity index is 0.00000243. The molecule has 0 aliphatic heterocycles. The van der Waals surface area contributed by atoms with Gasteiger partial charge in [0.15, 0.2) is 0 Å². The summed E-state index contributed by atoms with van der Waals surface area (Å²) in [6.07, 6.45) is -0.711. The number of aliphatic carboxylic acids is 1. The molecular formula is C17H13NaO6S2. The average Bonchev–Trinajstić information content (AvgIpc) is 3.19. The molecule has 130 valence electrons. The van der Waals surface area contributed by atoms with E-state index in [1.165, 1.54) is 11.3 Å². The molecule has 0 fully saturated rings. The van der Waals surface area contributed by atoms with Gasteiger partial charge in [-0.2, -0.15) is 0 Å². The standard InChI is InChI=1S/C17H14O6S2.Na/c1-8(23-13(20)4-2-3-12(18)19)11-7-10-15(22)16-9(5-6-24-16)14(21)17(10)25-11;/h5-8H,2-4H2,1H3,(H,18,19);/q;+1/p-1. The molecule has 2 aromatic rings. The first-order chi connectivity index (χ1) is 11.9. The quantitative estimate of drug-likeness (QED) is 0.393. The second kappa shape index (κ2) is 8.58. The van der Waals surface area contributed by atoms with E-state index >= 15 is 0 Å². The van der Waals surface area contributed by atoms with Crippen molar-refractivity contribution in [3.05, 3.63) is 43.3 Å². The molecule has 26 heavy (non-hydrogen) atoms. The minimum atomic E-state index is -1.21. The van der Waals surface area contributed by atoms with E-state index in [4.69, 9.17) is 4.74 Å². The minimum Gasteiger partial charge on any atom is -0.550 e. The Hall–Kier alpha value is -1.32. The zero-order valence-corrected chi connectivity index (χ0v) is 17.8. The van der Waals surface area contributed by atoms with Crippen molar-refractivity contribution in [1.82, 2.24) is 0 Å². The van der Waals surface area contributed by atoms with Crippen LogP contribution in [-0.2, 0) is 14.3 Å². The van der Waals surface area contributed by atoms with Gasteiger partial charge in [0.05, 0.1) is 9.75 Å². The summed E-state index contributed by atoms with van der Waals surface area (Å²) in [6, 6.07) is 3.24. The molecule has 1 unspecified atom stereocenters. The molecule has 2 aromatic heterocycles. The van der Waals surface area contributed by atoms with Gasteiger partial charge in [-0.3, -0.25) is 14.4 Å². The minimum absolute atomic E-state index is 0. The van der Waals surface area contributed by atoms with Gasteiger partial charge in [0.1, 0.15) is 6.10 Å². The van der Waals surface area contributed by atoms with Gasteiger partial charge in [0.25, 0.3) is 0 Å². The van der Waals surface area contributed by atoms with Gasteiger partial charge in [-0.15, -0.1) is 22.7 Å². The summed E-state index contributed by atoms with van der Waals surface area (Å²) < 4.78 is 5.26. The van der Waals surface area contributed by atoms with Crippen LogP contribution in [0.4, 0.5) is 0 Å². The van der Waals surface area contributed by atoms with Gasteiger partial charge >= 0.3 is 35.5 Å². The van der Waals surface area contributed by atoms with Crippen LogP contribution in [0.5, 0.6) is 0 Å². The Morgan fingerprint density at radius 2 is 1.85 bits per heavy atom. The predicted molar refractivity (Wildman–Crippen MR) is 88.9 cm³/mol. The molecule has 0 spiro atoms. The van der Waals surface area contributed by atoms with E-state index in [9.17, 15) is 24.3 Å². The zero-order chi connectivity index (χ0) is 18.1. The van der Waals surface area contributed by atoms with Gasteiger partial charge in [-0.25, -0.2) is 0 Å². The molecule has 0 radical (unpaired) electrons. The summed E-state index contributed by atoms with van der Waals surface area (Å²) in [5.41, 5.74) is 0.766. The molecule has 0 N–H and O–H groups in total. The molecule has 2 heterocycles. The summed E-state index contributed by atoms with van der Waals surface area (Å²) in [6.45, 7) is 1.65. The second-order valence-corrected chi connectivity index (χ2v) is 7.57. The number of carboxylic acids is 1. The van der Waals surface area contributed by atoms with Crippen LogP contribution in [0.25, 0.3) is 0 Å². The van der Waals surface area contributed by atoms with Gasteiger partial charge in [0.2, 0.25) is 11.6 Å². The van der Waals surface area contributed by atoms with Crippen LogP contribution in [0.1, 0.15) is 67.6 Å². The molecule has 1 atom stereocenters. The van der Waals surface area contributed by atoms with Crippen LogP contribution in [-0.4, -0.2) is 23.5 Å². The zero-order valence-electron chi connectivity index (χ0n) is 14.2. The van der Waals surface area contributed by atoms with E-state index in [1.54, 1.807) is 24.4 Å². The molecule has 3 rings (SSSR count). The van der Waals surface area contributed by atoms with Crippen molar-refractivity contribution in [3.8, 4) is 0 Å². The maximum atomic E-state index is 12.5. The number of thiophene rings is 2. The van der Waals surface area contributed by atoms with Crippen molar-refractivity contribution in [2.45, 2.75) is 32.3 Å². The smallest absolute Gasteiger partial charge is 0.550 e. The Kier molecular flexibility index (Phi) is 6.92. The number of ketones is 2. The van der Waals surface area contributed by atoms with Gasteiger partial charge in [0, 0.05) is 28.4 Å². The Labute approximate surface area is 179 Å². The van der Waals surface area contributed by atoms with Crippen LogP contribution in [0.3, 0.4) is 0 Å². The topological polar surface area (TPSA) is 101 Å². The van der Waals surface area contributed by atoms with E-state index in [0.717, 1.165) is 11.3 Å². The van der Waals surface area contributed by atoms with Gasteiger partial charge in [-0.05, 0) is 37.3 Å². The third-order valence-corrected chi connectivity index (χ3v) is 6.00. The normalized spacial score (nSPS) is 13.4. The van der Waals surface area contributed by atoms with Crippen LogP contribution in [0, 0.1) is 0 Å². The van der Waals surface area contributed by atoms with E-state index in [-0.39, 0.29) is 60.4 Å². The predicted octanol–water partition coefficient (Wildman–Crippen LogP) is -0.887. The maximum absolute atomic E-state index is 12.5. The molecule has 9 heteroatoms. The number of fused-ring (bicyclic) bond motifs is 2. The molecule has 1 aliphatic rings. The number of carbonyl (C=O) groups excluding carboxylic acids is 4. The summed E-state index contributed by atoms with van der Waals surface area (Å²) in [5, 5.41) is 12.1. The second-order valence-electron chi connectivity index (χ2n) is 5.57. The van der Waals surface area contributed by atoms with E-state index in [1.807, 2.05) is 0 Å². The Morgan fingerprint density at radius 1 is 1.15 bits per heavy atom. The molecule has 0 aromatic carbocycles. The fourth-order valence-corrected chi connectivity index (χ4v) is 4.48. The number of hydrogen-bond acceptors (Lipinski definition) is 8. The van der Waals surface area contributed by atoms with Gasteiger partial charge in [-0.1, -0.05) is 0 Å². The van der Waals surface area contributed by atoms with E-state index < -0.39 is 18.0 Å². The number of esters is 1. The third kappa shape index (κ3) is 4.15. The summed E-state index contributed by atoms with van der Waals surface area (Å²) in [7, 11) is 0. The number of ether oxygens (including phenoxy) is 1. The molecule has 0 amide bonds. The van der Waals surface area contributed by atoms with Crippen LogP contribution < -0.4 is 34.7 Å². The molecule has 6 nitrogen and oxygen atoms in total. The fraction of sp³-hybridized carbons (Fsp3) is 0.294. The van der Waals surface area contributed by atoms with E-state index in [2.05, 4.69) is 0 Å². The number of rotatable bonds is 6. The first-order valence-electron chi connectivity index (χ1n) is 7.58. The first kappa shape index (κ1) is 21.0. The van der Waals surface area contributed by atoms with Crippen molar-refractivity contribution in [2.24, 2.45) is 0 Å². The number of carbonyl (C=O) groups is 4. The van der Waals surface area contributed by atoms with Crippen molar-refractivity contribution in [2.75, 3.05) is 0 Å². The van der Waals surface area contributed by atoms with Gasteiger partial charge < -0.3 is 14.6 Å². The van der Waals surface area contributed by atoms with Crippen LogP contribution in [0.2, 0.25) is 0 Å². The van der Waals surface area contributed by atoms with Crippen molar-refractivity contribution in [1.29, 1.82) is 0 Å². The van der Waals surface area contributed by atoms with Crippen LogP contribution in [0.15, 0.2) is 17.5 Å². The summed E-state index contributed by atoms with van der Waals surface area (Å²) in [4.78, 5) is 48.5. The van der Waals surface area contributed by atoms with Crippen molar-refractivity contribution < 1.29 is 58.6 Å². The van der Waals surface area contributed by atoms with Crippen molar-refractivity contribution >= 4 is 46.2 Å². The molecule has 0 saturated heterocycles. The number of hydrogen-bond donors (Lipinski definition) is 0. The van der Waals surface area contributed by atoms with Crippen LogP contribution >= 0.6 is 22.7 Å². The number of carboxylic acid groups (broad SMARTS) is 1. The third-order valence-electron chi connectivity index (χ3n) is 3.79. The largest absolute Gasteiger partial charge is 1.00 e. The fourth-order valence-electron chi connectivity index (χ4n) is 2.55. The molecule has 1 aliphatic carbocycles. The maximum Gasteiger partial charge on any atom is 1.00 e. The SMILES string of the molecule is CC(OC(=O)CCCC(=O)[O-])c1cc2c(s1)C(=O)c1ccsc1C2=O.[Na+]. The van der Waals surface area contributed by atoms with Crippen molar-refractivity contribution in [3.63, 3.8) is 0 Å². The Bertz CT molecular complexity index is 834. The summed E-state index contributed by atoms with van der Waals surface area (Å²) >= 11 is 2.38. The molecular weight excluding hydrogens is 387 g/mol. The monoisotopic (exact) mass is 400 g/mol.